The van der Waals surface area contributed by atoms with Crippen LogP contribution in [0.15, 0.2) is 24.7 Å². The smallest absolute Gasteiger partial charge is 0.146 e. The van der Waals surface area contributed by atoms with Gasteiger partial charge in [-0.05, 0) is 19.0 Å². The fourth-order valence-electron chi connectivity index (χ4n) is 1.58. The quantitative estimate of drug-likeness (QED) is 0.886. The highest BCUT2D eigenvalue weighted by atomic mass is 32.1. The van der Waals surface area contributed by atoms with Gasteiger partial charge in [-0.1, -0.05) is 6.92 Å². The molecular weight excluding hydrogens is 239 g/mol. The average molecular weight is 252 g/mol. The van der Waals surface area contributed by atoms with E-state index < -0.39 is 0 Å². The maximum atomic E-state index is 13.7. The van der Waals surface area contributed by atoms with Gasteiger partial charge in [-0.3, -0.25) is 4.98 Å². The molecule has 0 saturated heterocycles. The second-order valence-electron chi connectivity index (χ2n) is 3.62. The molecular formula is C11H13FN4S. The Labute approximate surface area is 103 Å². The van der Waals surface area contributed by atoms with Gasteiger partial charge in [0.15, 0.2) is 0 Å². The standard InChI is InChI=1S/C11H13FN4S/c1-2-4-14-11(10-7-15-17-16-10)8-3-5-13-6-9(8)12/h3,5-7,11,14H,2,4H2,1H3. The van der Waals surface area contributed by atoms with E-state index in [1.54, 1.807) is 18.5 Å². The molecule has 17 heavy (non-hydrogen) atoms. The van der Waals surface area contributed by atoms with Crippen LogP contribution < -0.4 is 5.32 Å². The summed E-state index contributed by atoms with van der Waals surface area (Å²) in [6.45, 7) is 2.86. The van der Waals surface area contributed by atoms with E-state index in [1.165, 1.54) is 6.20 Å². The van der Waals surface area contributed by atoms with E-state index in [2.05, 4.69) is 26.0 Å². The molecule has 0 aliphatic heterocycles. The van der Waals surface area contributed by atoms with Crippen molar-refractivity contribution in [3.05, 3.63) is 41.7 Å². The summed E-state index contributed by atoms with van der Waals surface area (Å²) in [5.41, 5.74) is 1.30. The minimum Gasteiger partial charge on any atom is -0.305 e. The van der Waals surface area contributed by atoms with Crippen LogP contribution in [0.5, 0.6) is 0 Å². The van der Waals surface area contributed by atoms with Crippen LogP contribution in [0.3, 0.4) is 0 Å². The lowest BCUT2D eigenvalue weighted by atomic mass is 10.1. The summed E-state index contributed by atoms with van der Waals surface area (Å²) in [7, 11) is 0. The molecule has 1 N–H and O–H groups in total. The summed E-state index contributed by atoms with van der Waals surface area (Å²) in [6.07, 6.45) is 5.44. The summed E-state index contributed by atoms with van der Waals surface area (Å²) in [4.78, 5) is 3.75. The third-order valence-corrected chi connectivity index (χ3v) is 2.88. The molecule has 0 bridgehead atoms. The topological polar surface area (TPSA) is 50.7 Å². The third kappa shape index (κ3) is 2.83. The number of nitrogens with one attached hydrogen (secondary N) is 1. The van der Waals surface area contributed by atoms with Gasteiger partial charge in [-0.2, -0.15) is 8.75 Å². The third-order valence-electron chi connectivity index (χ3n) is 2.39. The van der Waals surface area contributed by atoms with Crippen molar-refractivity contribution in [2.75, 3.05) is 6.54 Å². The Morgan fingerprint density at radius 2 is 2.35 bits per heavy atom. The van der Waals surface area contributed by atoms with E-state index in [1.807, 2.05) is 0 Å². The summed E-state index contributed by atoms with van der Waals surface area (Å²) in [5.74, 6) is -0.325. The van der Waals surface area contributed by atoms with Crippen LogP contribution in [-0.2, 0) is 0 Å². The molecule has 2 heterocycles. The minimum atomic E-state index is -0.325. The Morgan fingerprint density at radius 3 is 3.00 bits per heavy atom. The molecule has 0 radical (unpaired) electrons. The number of halogens is 1. The van der Waals surface area contributed by atoms with E-state index in [4.69, 9.17) is 0 Å². The van der Waals surface area contributed by atoms with E-state index in [0.29, 0.717) is 5.56 Å². The van der Waals surface area contributed by atoms with Gasteiger partial charge in [0.05, 0.1) is 35.9 Å². The van der Waals surface area contributed by atoms with Gasteiger partial charge >= 0.3 is 0 Å². The Morgan fingerprint density at radius 1 is 1.47 bits per heavy atom. The second kappa shape index (κ2) is 5.79. The molecule has 0 aromatic carbocycles. The molecule has 1 unspecified atom stereocenters. The molecule has 1 atom stereocenters. The SMILES string of the molecule is CCCNC(c1cnsn1)c1ccncc1F. The molecule has 90 valence electrons. The molecule has 0 aliphatic rings. The van der Waals surface area contributed by atoms with E-state index >= 15 is 0 Å². The first kappa shape index (κ1) is 12.1. The maximum Gasteiger partial charge on any atom is 0.146 e. The lowest BCUT2D eigenvalue weighted by Gasteiger charge is -2.16. The van der Waals surface area contributed by atoms with Crippen molar-refractivity contribution >= 4 is 11.7 Å². The fraction of sp³-hybridized carbons (Fsp3) is 0.364. The van der Waals surface area contributed by atoms with Crippen LogP contribution in [0, 0.1) is 5.82 Å². The molecule has 2 aromatic rings. The highest BCUT2D eigenvalue weighted by Crippen LogP contribution is 2.22. The van der Waals surface area contributed by atoms with Gasteiger partial charge in [-0.25, -0.2) is 4.39 Å². The van der Waals surface area contributed by atoms with E-state index in [0.717, 1.165) is 30.4 Å². The van der Waals surface area contributed by atoms with Crippen molar-refractivity contribution in [3.63, 3.8) is 0 Å². The summed E-state index contributed by atoms with van der Waals surface area (Å²) < 4.78 is 21.8. The zero-order valence-corrected chi connectivity index (χ0v) is 10.2. The van der Waals surface area contributed by atoms with Crippen LogP contribution in [0.2, 0.25) is 0 Å². The Kier molecular flexibility index (Phi) is 4.11. The number of hydrogen-bond acceptors (Lipinski definition) is 5. The fourth-order valence-corrected chi connectivity index (χ4v) is 2.03. The van der Waals surface area contributed by atoms with Crippen LogP contribution in [0.25, 0.3) is 0 Å². The number of rotatable bonds is 5. The van der Waals surface area contributed by atoms with E-state index in [-0.39, 0.29) is 11.9 Å². The van der Waals surface area contributed by atoms with Crippen LogP contribution >= 0.6 is 11.7 Å². The van der Waals surface area contributed by atoms with Crippen LogP contribution in [0.1, 0.15) is 30.6 Å². The summed E-state index contributed by atoms with van der Waals surface area (Å²) in [5, 5.41) is 3.27. The minimum absolute atomic E-state index is 0.253. The molecule has 2 aromatic heterocycles. The molecule has 0 amide bonds. The number of aromatic nitrogens is 3. The Balaban J connectivity index is 2.30. The summed E-state index contributed by atoms with van der Waals surface area (Å²) >= 11 is 1.12. The predicted octanol–water partition coefficient (Wildman–Crippen LogP) is 2.16. The highest BCUT2D eigenvalue weighted by molar-refractivity contribution is 6.99. The van der Waals surface area contributed by atoms with Gasteiger partial charge in [0.25, 0.3) is 0 Å². The molecule has 0 fully saturated rings. The van der Waals surface area contributed by atoms with Crippen molar-refractivity contribution in [2.45, 2.75) is 19.4 Å². The van der Waals surface area contributed by atoms with Gasteiger partial charge in [0.2, 0.25) is 0 Å². The largest absolute Gasteiger partial charge is 0.305 e. The van der Waals surface area contributed by atoms with Crippen molar-refractivity contribution in [2.24, 2.45) is 0 Å². The first-order valence-electron chi connectivity index (χ1n) is 5.43. The molecule has 2 rings (SSSR count). The second-order valence-corrected chi connectivity index (χ2v) is 4.17. The van der Waals surface area contributed by atoms with Crippen molar-refractivity contribution < 1.29 is 4.39 Å². The van der Waals surface area contributed by atoms with Crippen LogP contribution in [0.4, 0.5) is 4.39 Å². The first-order chi connectivity index (χ1) is 8.33. The number of hydrogen-bond donors (Lipinski definition) is 1. The Hall–Kier alpha value is -1.40. The molecule has 4 nitrogen and oxygen atoms in total. The van der Waals surface area contributed by atoms with Gasteiger partial charge < -0.3 is 5.32 Å². The number of pyridine rings is 1. The molecule has 0 spiro atoms. The monoisotopic (exact) mass is 252 g/mol. The van der Waals surface area contributed by atoms with Crippen molar-refractivity contribution in [1.29, 1.82) is 0 Å². The Bertz CT molecular complexity index is 460. The normalized spacial score (nSPS) is 12.6. The van der Waals surface area contributed by atoms with Gasteiger partial charge in [0.1, 0.15) is 5.82 Å². The zero-order valence-electron chi connectivity index (χ0n) is 9.43. The summed E-state index contributed by atoms with van der Waals surface area (Å²) in [6, 6.07) is 1.42. The predicted molar refractivity (Wildman–Crippen MR) is 64.2 cm³/mol. The van der Waals surface area contributed by atoms with Crippen LogP contribution in [-0.4, -0.2) is 20.3 Å². The van der Waals surface area contributed by atoms with Crippen molar-refractivity contribution in [1.82, 2.24) is 19.0 Å². The average Bonchev–Trinajstić information content (AvgIpc) is 2.85. The van der Waals surface area contributed by atoms with Crippen molar-refractivity contribution in [3.8, 4) is 0 Å². The van der Waals surface area contributed by atoms with E-state index in [9.17, 15) is 4.39 Å². The van der Waals surface area contributed by atoms with Gasteiger partial charge in [0, 0.05) is 11.8 Å². The molecule has 0 saturated carbocycles. The maximum absolute atomic E-state index is 13.7. The van der Waals surface area contributed by atoms with Gasteiger partial charge in [-0.15, -0.1) is 0 Å². The highest BCUT2D eigenvalue weighted by Gasteiger charge is 2.19. The zero-order chi connectivity index (χ0) is 12.1. The number of nitrogens with zero attached hydrogens (tertiary/aromatic N) is 3. The molecule has 0 aliphatic carbocycles. The lowest BCUT2D eigenvalue weighted by Crippen LogP contribution is -2.24. The lowest BCUT2D eigenvalue weighted by molar-refractivity contribution is 0.538. The molecule has 6 heteroatoms. The first-order valence-corrected chi connectivity index (χ1v) is 6.16.